The van der Waals surface area contributed by atoms with Gasteiger partial charge in [-0.15, -0.1) is 0 Å². The second-order valence-electron chi connectivity index (χ2n) is 6.79. The van der Waals surface area contributed by atoms with Crippen molar-refractivity contribution < 1.29 is 14.6 Å². The summed E-state index contributed by atoms with van der Waals surface area (Å²) in [5.41, 5.74) is 2.97. The Bertz CT molecular complexity index is 928. The minimum atomic E-state index is -0.601. The van der Waals surface area contributed by atoms with Crippen LogP contribution in [0.4, 0.5) is 11.4 Å². The van der Waals surface area contributed by atoms with Crippen molar-refractivity contribution in [2.24, 2.45) is 0 Å². The number of rotatable bonds is 11. The third-order valence-corrected chi connectivity index (χ3v) is 4.42. The molecule has 30 heavy (non-hydrogen) atoms. The minimum Gasteiger partial charge on any atom is -0.496 e. The Balaban J connectivity index is 1.39. The first-order valence-electron chi connectivity index (χ1n) is 9.98. The third-order valence-electron chi connectivity index (χ3n) is 4.42. The molecule has 0 spiro atoms. The van der Waals surface area contributed by atoms with E-state index < -0.39 is 6.10 Å². The van der Waals surface area contributed by atoms with Crippen LogP contribution >= 0.6 is 0 Å². The molecule has 3 aromatic rings. The van der Waals surface area contributed by atoms with Crippen LogP contribution in [0, 0.1) is 0 Å². The number of anilines is 2. The van der Waals surface area contributed by atoms with E-state index in [0.717, 1.165) is 22.7 Å². The van der Waals surface area contributed by atoms with Gasteiger partial charge in [0.25, 0.3) is 0 Å². The maximum atomic E-state index is 10.2. The second kappa shape index (κ2) is 11.7. The summed E-state index contributed by atoms with van der Waals surface area (Å²) in [4.78, 5) is 0. The minimum absolute atomic E-state index is 0.220. The van der Waals surface area contributed by atoms with E-state index in [-0.39, 0.29) is 6.61 Å². The zero-order valence-electron chi connectivity index (χ0n) is 17.1. The fourth-order valence-corrected chi connectivity index (χ4v) is 2.93. The fraction of sp³-hybridized carbons (Fsp3) is 0.200. The maximum absolute atomic E-state index is 10.2. The Hall–Kier alpha value is -3.28. The van der Waals surface area contributed by atoms with Gasteiger partial charge in [0.05, 0.1) is 7.11 Å². The molecule has 0 bridgehead atoms. The van der Waals surface area contributed by atoms with Crippen LogP contribution in [0.1, 0.15) is 5.56 Å². The molecule has 0 aliphatic heterocycles. The Labute approximate surface area is 178 Å². The Morgan fingerprint density at radius 1 is 0.933 bits per heavy atom. The highest BCUT2D eigenvalue weighted by atomic mass is 16.5. The molecule has 0 aromatic heterocycles. The van der Waals surface area contributed by atoms with Crippen molar-refractivity contribution in [1.29, 1.82) is 0 Å². The summed E-state index contributed by atoms with van der Waals surface area (Å²) in [7, 11) is 1.66. The van der Waals surface area contributed by atoms with Gasteiger partial charge in [0.1, 0.15) is 24.2 Å². The summed E-state index contributed by atoms with van der Waals surface area (Å²) in [6.45, 7) is 1.31. The molecule has 0 fully saturated rings. The van der Waals surface area contributed by atoms with Crippen LogP contribution in [-0.2, 0) is 0 Å². The van der Waals surface area contributed by atoms with Gasteiger partial charge in [-0.1, -0.05) is 54.6 Å². The summed E-state index contributed by atoms with van der Waals surface area (Å²) >= 11 is 0. The molecule has 3 N–H and O–H groups in total. The van der Waals surface area contributed by atoms with Crippen molar-refractivity contribution in [2.75, 3.05) is 32.1 Å². The fourth-order valence-electron chi connectivity index (χ4n) is 2.93. The lowest BCUT2D eigenvalue weighted by molar-refractivity contribution is 0.107. The molecule has 3 aromatic carbocycles. The second-order valence-corrected chi connectivity index (χ2v) is 6.79. The summed E-state index contributed by atoms with van der Waals surface area (Å²) in [6.07, 6.45) is 3.40. The van der Waals surface area contributed by atoms with Gasteiger partial charge in [-0.25, -0.2) is 0 Å². The monoisotopic (exact) mass is 404 g/mol. The molecule has 0 saturated heterocycles. The van der Waals surface area contributed by atoms with Gasteiger partial charge in [0.2, 0.25) is 0 Å². The highest BCUT2D eigenvalue weighted by Crippen LogP contribution is 2.21. The molecule has 0 aliphatic carbocycles. The van der Waals surface area contributed by atoms with Gasteiger partial charge >= 0.3 is 0 Å². The lowest BCUT2D eigenvalue weighted by Crippen LogP contribution is -2.31. The van der Waals surface area contributed by atoms with Crippen LogP contribution < -0.4 is 20.1 Å². The quantitative estimate of drug-likeness (QED) is 0.411. The maximum Gasteiger partial charge on any atom is 0.126 e. The molecule has 3 rings (SSSR count). The van der Waals surface area contributed by atoms with Crippen molar-refractivity contribution in [3.8, 4) is 11.5 Å². The lowest BCUT2D eigenvalue weighted by Gasteiger charge is -2.14. The number of ether oxygens (including phenoxy) is 2. The number of benzene rings is 3. The molecule has 1 unspecified atom stereocenters. The first-order valence-corrected chi connectivity index (χ1v) is 9.98. The lowest BCUT2D eigenvalue weighted by atomic mass is 10.2. The highest BCUT2D eigenvalue weighted by molar-refractivity contribution is 5.61. The van der Waals surface area contributed by atoms with Gasteiger partial charge in [0.15, 0.2) is 0 Å². The molecule has 0 saturated carbocycles. The van der Waals surface area contributed by atoms with Gasteiger partial charge in [-0.05, 0) is 30.3 Å². The summed E-state index contributed by atoms with van der Waals surface area (Å²) in [6, 6.07) is 25.5. The van der Waals surface area contributed by atoms with Gasteiger partial charge < -0.3 is 25.2 Å². The van der Waals surface area contributed by atoms with Crippen molar-refractivity contribution in [2.45, 2.75) is 6.10 Å². The Morgan fingerprint density at radius 2 is 1.70 bits per heavy atom. The number of hydrogen-bond donors (Lipinski definition) is 3. The Kier molecular flexibility index (Phi) is 8.33. The van der Waals surface area contributed by atoms with Gasteiger partial charge in [-0.3, -0.25) is 0 Å². The number of nitrogens with one attached hydrogen (secondary N) is 2. The van der Waals surface area contributed by atoms with E-state index in [0.29, 0.717) is 18.8 Å². The molecule has 0 heterocycles. The molecule has 0 amide bonds. The van der Waals surface area contributed by atoms with E-state index in [2.05, 4.69) is 10.6 Å². The zero-order chi connectivity index (χ0) is 21.0. The highest BCUT2D eigenvalue weighted by Gasteiger charge is 2.05. The first kappa shape index (κ1) is 21.4. The van der Waals surface area contributed by atoms with Crippen LogP contribution in [0.15, 0.2) is 84.9 Å². The number of hydrogen-bond acceptors (Lipinski definition) is 5. The largest absolute Gasteiger partial charge is 0.496 e. The zero-order valence-corrected chi connectivity index (χ0v) is 17.1. The molecule has 0 aliphatic rings. The van der Waals surface area contributed by atoms with E-state index in [1.165, 1.54) is 0 Å². The van der Waals surface area contributed by atoms with Gasteiger partial charge in [-0.2, -0.15) is 0 Å². The van der Waals surface area contributed by atoms with Crippen LogP contribution in [0.5, 0.6) is 11.5 Å². The van der Waals surface area contributed by atoms with Crippen molar-refractivity contribution >= 4 is 17.5 Å². The molecule has 1 atom stereocenters. The average molecular weight is 405 g/mol. The average Bonchev–Trinajstić information content (AvgIpc) is 2.79. The van der Waals surface area contributed by atoms with E-state index >= 15 is 0 Å². The van der Waals surface area contributed by atoms with E-state index in [1.54, 1.807) is 7.11 Å². The number of methoxy groups -OCH3 is 1. The normalized spacial score (nSPS) is 11.9. The first-order chi connectivity index (χ1) is 14.7. The van der Waals surface area contributed by atoms with E-state index in [1.807, 2.05) is 91.0 Å². The van der Waals surface area contributed by atoms with Crippen LogP contribution in [0.2, 0.25) is 0 Å². The molecule has 156 valence electrons. The molecule has 5 nitrogen and oxygen atoms in total. The SMILES string of the molecule is COc1ccccc1C=CCNCC(O)COc1cccc(Nc2ccccc2)c1. The Morgan fingerprint density at radius 3 is 2.53 bits per heavy atom. The smallest absolute Gasteiger partial charge is 0.126 e. The van der Waals surface area contributed by atoms with E-state index in [9.17, 15) is 5.11 Å². The van der Waals surface area contributed by atoms with E-state index in [4.69, 9.17) is 9.47 Å². The predicted molar refractivity (Wildman–Crippen MR) is 123 cm³/mol. The summed E-state index contributed by atoms with van der Waals surface area (Å²) in [5.74, 6) is 1.55. The van der Waals surface area contributed by atoms with Crippen LogP contribution in [0.25, 0.3) is 6.08 Å². The predicted octanol–water partition coefficient (Wildman–Crippen LogP) is 4.48. The van der Waals surface area contributed by atoms with Crippen LogP contribution in [0.3, 0.4) is 0 Å². The third kappa shape index (κ3) is 6.95. The molecule has 5 heteroatoms. The number of aliphatic hydroxyl groups is 1. The van der Waals surface area contributed by atoms with Crippen molar-refractivity contribution in [1.82, 2.24) is 5.32 Å². The van der Waals surface area contributed by atoms with Crippen molar-refractivity contribution in [3.63, 3.8) is 0 Å². The molecular weight excluding hydrogens is 376 g/mol. The summed E-state index contributed by atoms with van der Waals surface area (Å²) in [5, 5.41) is 16.7. The topological polar surface area (TPSA) is 62.8 Å². The summed E-state index contributed by atoms with van der Waals surface area (Å²) < 4.78 is 11.1. The van der Waals surface area contributed by atoms with Crippen LogP contribution in [-0.4, -0.2) is 38.0 Å². The van der Waals surface area contributed by atoms with Crippen molar-refractivity contribution in [3.05, 3.63) is 90.5 Å². The standard InChI is InChI=1S/C25H28N2O3/c1-29-25-15-6-5-9-20(25)10-8-16-26-18-23(28)19-30-24-14-7-13-22(17-24)27-21-11-3-2-4-12-21/h2-15,17,23,26-28H,16,18-19H2,1H3. The molecular formula is C25H28N2O3. The molecule has 0 radical (unpaired) electrons. The number of para-hydroxylation sites is 2. The van der Waals surface area contributed by atoms with Gasteiger partial charge in [0, 0.05) is 36.1 Å². The number of aliphatic hydroxyl groups excluding tert-OH is 1.